The second-order valence-corrected chi connectivity index (χ2v) is 9.97. The van der Waals surface area contributed by atoms with Crippen LogP contribution in [0.3, 0.4) is 0 Å². The summed E-state index contributed by atoms with van der Waals surface area (Å²) in [6.45, 7) is 9.88. The van der Waals surface area contributed by atoms with Crippen LogP contribution >= 0.6 is 0 Å². The van der Waals surface area contributed by atoms with E-state index in [1.54, 1.807) is 6.26 Å². The topological polar surface area (TPSA) is 96.8 Å². The van der Waals surface area contributed by atoms with Gasteiger partial charge in [0.05, 0.1) is 18.4 Å². The Morgan fingerprint density at radius 3 is 2.54 bits per heavy atom. The van der Waals surface area contributed by atoms with Crippen LogP contribution in [0, 0.1) is 34.6 Å². The van der Waals surface area contributed by atoms with Crippen LogP contribution in [0.2, 0.25) is 0 Å². The zero-order valence-corrected chi connectivity index (χ0v) is 21.9. The summed E-state index contributed by atoms with van der Waals surface area (Å²) in [5.74, 6) is 0.492. The third-order valence-electron chi connectivity index (χ3n) is 6.92. The number of carbonyl (C=O) groups excluding carboxylic acids is 2. The normalized spacial score (nSPS) is 14.1. The van der Waals surface area contributed by atoms with E-state index in [1.807, 2.05) is 58.9 Å². The van der Waals surface area contributed by atoms with Crippen molar-refractivity contribution in [2.45, 2.75) is 60.3 Å². The number of fused-ring (bicyclic) bond motifs is 2. The lowest BCUT2D eigenvalue weighted by Gasteiger charge is -2.13. The maximum Gasteiger partial charge on any atom is 0.291 e. The molecular formula is C30H31N3O4. The highest BCUT2D eigenvalue weighted by Gasteiger charge is 2.28. The number of benzene rings is 2. The van der Waals surface area contributed by atoms with Crippen LogP contribution in [0.25, 0.3) is 11.0 Å². The molecule has 7 nitrogen and oxygen atoms in total. The molecule has 37 heavy (non-hydrogen) atoms. The summed E-state index contributed by atoms with van der Waals surface area (Å²) < 4.78 is 11.7. The second kappa shape index (κ2) is 9.73. The van der Waals surface area contributed by atoms with Crippen LogP contribution in [-0.4, -0.2) is 17.5 Å². The second-order valence-electron chi connectivity index (χ2n) is 9.97. The molecule has 1 aliphatic rings. The van der Waals surface area contributed by atoms with Gasteiger partial charge in [0.15, 0.2) is 5.76 Å². The summed E-state index contributed by atoms with van der Waals surface area (Å²) in [5.41, 5.74) is 11.7. The van der Waals surface area contributed by atoms with Crippen LogP contribution in [0.15, 0.2) is 50.5 Å². The lowest BCUT2D eigenvalue weighted by Crippen LogP contribution is -2.23. The Kier molecular flexibility index (Phi) is 6.46. The first kappa shape index (κ1) is 24.6. The molecule has 5 rings (SSSR count). The zero-order chi connectivity index (χ0) is 26.3. The average molecular weight is 498 g/mol. The summed E-state index contributed by atoms with van der Waals surface area (Å²) in [4.78, 5) is 25.9. The molecule has 2 aromatic carbocycles. The molecule has 4 aromatic rings. The van der Waals surface area contributed by atoms with E-state index in [9.17, 15) is 9.59 Å². The largest absolute Gasteiger partial charge is 0.464 e. The van der Waals surface area contributed by atoms with Crippen LogP contribution < -0.4 is 10.7 Å². The minimum absolute atomic E-state index is 0.161. The van der Waals surface area contributed by atoms with Crippen molar-refractivity contribution in [1.82, 2.24) is 5.43 Å². The fraction of sp³-hybridized carbons (Fsp3) is 0.300. The molecule has 0 saturated heterocycles. The highest BCUT2D eigenvalue weighted by atomic mass is 16.4. The van der Waals surface area contributed by atoms with Crippen molar-refractivity contribution in [2.24, 2.45) is 5.10 Å². The number of anilines is 1. The fourth-order valence-corrected chi connectivity index (χ4v) is 5.23. The molecule has 0 saturated carbocycles. The molecule has 1 aliphatic carbocycles. The van der Waals surface area contributed by atoms with Gasteiger partial charge < -0.3 is 14.2 Å². The molecule has 2 aromatic heterocycles. The van der Waals surface area contributed by atoms with Crippen molar-refractivity contribution in [1.29, 1.82) is 0 Å². The van der Waals surface area contributed by atoms with E-state index in [4.69, 9.17) is 8.83 Å². The van der Waals surface area contributed by atoms with Gasteiger partial charge in [-0.15, -0.1) is 0 Å². The number of amides is 2. The Bertz CT molecular complexity index is 1570. The maximum atomic E-state index is 13.1. The van der Waals surface area contributed by atoms with Gasteiger partial charge in [0, 0.05) is 34.2 Å². The third-order valence-corrected chi connectivity index (χ3v) is 6.92. The van der Waals surface area contributed by atoms with E-state index in [0.717, 1.165) is 79.9 Å². The van der Waals surface area contributed by atoms with Crippen molar-refractivity contribution in [3.8, 4) is 0 Å². The monoisotopic (exact) mass is 497 g/mol. The number of furan rings is 2. The summed E-state index contributed by atoms with van der Waals surface area (Å²) in [6, 6.07) is 9.94. The van der Waals surface area contributed by atoms with Crippen LogP contribution in [-0.2, 0) is 17.6 Å². The summed E-state index contributed by atoms with van der Waals surface area (Å²) in [5, 5.41) is 8.39. The van der Waals surface area contributed by atoms with Crippen molar-refractivity contribution < 1.29 is 18.4 Å². The minimum atomic E-state index is -0.292. The van der Waals surface area contributed by atoms with E-state index in [0.29, 0.717) is 6.42 Å². The summed E-state index contributed by atoms with van der Waals surface area (Å²) in [7, 11) is 0. The SMILES string of the molecule is Cc1ccc(NC(=O)c2oc3c(c2C)/C(=N/NC(=O)Cc2coc4cc(C)cc(C)c24)CCC3)c(C)c1. The maximum absolute atomic E-state index is 13.1. The van der Waals surface area contributed by atoms with Crippen molar-refractivity contribution in [3.05, 3.63) is 87.1 Å². The molecule has 0 aliphatic heterocycles. The molecular weight excluding hydrogens is 466 g/mol. The molecule has 7 heteroatoms. The van der Waals surface area contributed by atoms with Crippen LogP contribution in [0.1, 0.15) is 68.1 Å². The molecule has 0 spiro atoms. The number of hydrazone groups is 1. The number of rotatable bonds is 5. The van der Waals surface area contributed by atoms with E-state index >= 15 is 0 Å². The van der Waals surface area contributed by atoms with E-state index < -0.39 is 0 Å². The Labute approximate surface area is 215 Å². The lowest BCUT2D eigenvalue weighted by atomic mass is 9.93. The van der Waals surface area contributed by atoms with Gasteiger partial charge in [-0.1, -0.05) is 23.8 Å². The smallest absolute Gasteiger partial charge is 0.291 e. The first-order chi connectivity index (χ1) is 17.7. The summed E-state index contributed by atoms with van der Waals surface area (Å²) in [6.07, 6.45) is 4.05. The third kappa shape index (κ3) is 4.81. The summed E-state index contributed by atoms with van der Waals surface area (Å²) >= 11 is 0. The zero-order valence-electron chi connectivity index (χ0n) is 21.9. The van der Waals surface area contributed by atoms with Gasteiger partial charge in [-0.05, 0) is 76.3 Å². The highest BCUT2D eigenvalue weighted by molar-refractivity contribution is 6.09. The van der Waals surface area contributed by atoms with Crippen molar-refractivity contribution >= 4 is 34.2 Å². The number of nitrogens with one attached hydrogen (secondary N) is 2. The van der Waals surface area contributed by atoms with Gasteiger partial charge in [0.2, 0.25) is 5.91 Å². The molecule has 190 valence electrons. The van der Waals surface area contributed by atoms with Crippen LogP contribution in [0.4, 0.5) is 5.69 Å². The van der Waals surface area contributed by atoms with Gasteiger partial charge in [0.25, 0.3) is 5.91 Å². The van der Waals surface area contributed by atoms with E-state index in [1.165, 1.54) is 0 Å². The number of aryl methyl sites for hydroxylation is 5. The lowest BCUT2D eigenvalue weighted by molar-refractivity contribution is -0.120. The minimum Gasteiger partial charge on any atom is -0.464 e. The van der Waals surface area contributed by atoms with Gasteiger partial charge in [-0.25, -0.2) is 5.43 Å². The van der Waals surface area contributed by atoms with Crippen molar-refractivity contribution in [2.75, 3.05) is 5.32 Å². The Hall–Kier alpha value is -4.13. The molecule has 0 bridgehead atoms. The standard InChI is InChI=1S/C30H31N3O4/c1-16-9-10-22(18(3)11-16)31-30(35)29-20(5)28-23(7-6-8-24(28)37-29)32-33-26(34)14-21-15-36-25-13-17(2)12-19(4)27(21)25/h9-13,15H,6-8,14H2,1-5H3,(H,31,35)(H,33,34)/b32-23+. The number of hydrogen-bond acceptors (Lipinski definition) is 5. The Balaban J connectivity index is 1.34. The van der Waals surface area contributed by atoms with Gasteiger partial charge in [0.1, 0.15) is 11.3 Å². The molecule has 0 unspecified atom stereocenters. The first-order valence-electron chi connectivity index (χ1n) is 12.5. The van der Waals surface area contributed by atoms with Crippen LogP contribution in [0.5, 0.6) is 0 Å². The van der Waals surface area contributed by atoms with Crippen molar-refractivity contribution in [3.63, 3.8) is 0 Å². The molecule has 0 radical (unpaired) electrons. The van der Waals surface area contributed by atoms with E-state index in [2.05, 4.69) is 21.9 Å². The van der Waals surface area contributed by atoms with Gasteiger partial charge >= 0.3 is 0 Å². The predicted molar refractivity (Wildman–Crippen MR) is 144 cm³/mol. The Morgan fingerprint density at radius 1 is 0.973 bits per heavy atom. The molecule has 2 heterocycles. The number of carbonyl (C=O) groups is 2. The Morgan fingerprint density at radius 2 is 1.76 bits per heavy atom. The van der Waals surface area contributed by atoms with E-state index in [-0.39, 0.29) is 24.0 Å². The number of nitrogens with zero attached hydrogens (tertiary/aromatic N) is 1. The fourth-order valence-electron chi connectivity index (χ4n) is 5.23. The molecule has 0 fully saturated rings. The van der Waals surface area contributed by atoms with Gasteiger partial charge in [-0.2, -0.15) is 5.10 Å². The van der Waals surface area contributed by atoms with Gasteiger partial charge in [-0.3, -0.25) is 9.59 Å². The highest BCUT2D eigenvalue weighted by Crippen LogP contribution is 2.31. The molecule has 0 atom stereocenters. The number of hydrogen-bond donors (Lipinski definition) is 2. The first-order valence-corrected chi connectivity index (χ1v) is 12.5. The molecule has 2 amide bonds. The molecule has 2 N–H and O–H groups in total. The quantitative estimate of drug-likeness (QED) is 0.320. The predicted octanol–water partition coefficient (Wildman–Crippen LogP) is 6.22. The average Bonchev–Trinajstić information content (AvgIpc) is 3.40.